The second-order valence-electron chi connectivity index (χ2n) is 4.89. The molecule has 8 heteroatoms. The second kappa shape index (κ2) is 5.61. The van der Waals surface area contributed by atoms with Gasteiger partial charge in [-0.25, -0.2) is 4.98 Å². The molecule has 0 atom stereocenters. The van der Waals surface area contributed by atoms with E-state index in [1.165, 1.54) is 23.5 Å². The van der Waals surface area contributed by atoms with E-state index >= 15 is 0 Å². The van der Waals surface area contributed by atoms with Crippen LogP contribution in [0.3, 0.4) is 0 Å². The van der Waals surface area contributed by atoms with Gasteiger partial charge in [-0.1, -0.05) is 17.7 Å². The van der Waals surface area contributed by atoms with Crippen molar-refractivity contribution in [3.63, 3.8) is 0 Å². The van der Waals surface area contributed by atoms with Crippen molar-refractivity contribution in [1.82, 2.24) is 9.97 Å². The number of rotatable bonds is 3. The molecule has 23 heavy (non-hydrogen) atoms. The third kappa shape index (κ3) is 3.02. The largest absolute Gasteiger partial charge is 0.357 e. The van der Waals surface area contributed by atoms with E-state index in [9.17, 15) is 8.42 Å². The molecule has 1 aromatic carbocycles. The molecule has 2 heterocycles. The SMILES string of the molecule is Cc1ccc(S(=O)(=O)Oc2nc(C#N)nc3sc(C)cc23)cc1. The Bertz CT molecular complexity index is 1030. The summed E-state index contributed by atoms with van der Waals surface area (Å²) in [4.78, 5) is 9.42. The molecular formula is C15H11N3O3S2. The number of nitrogens with zero attached hydrogens (tertiary/aromatic N) is 3. The van der Waals surface area contributed by atoms with Crippen LogP contribution in [0.15, 0.2) is 35.2 Å². The summed E-state index contributed by atoms with van der Waals surface area (Å²) in [6.07, 6.45) is 0. The van der Waals surface area contributed by atoms with Crippen molar-refractivity contribution in [2.75, 3.05) is 0 Å². The Morgan fingerprint density at radius 3 is 2.52 bits per heavy atom. The van der Waals surface area contributed by atoms with E-state index in [0.29, 0.717) is 10.2 Å². The smallest absolute Gasteiger partial charge is 0.340 e. The molecule has 0 aliphatic rings. The van der Waals surface area contributed by atoms with Crippen LogP contribution in [0.2, 0.25) is 0 Å². The van der Waals surface area contributed by atoms with Crippen molar-refractivity contribution in [3.8, 4) is 11.9 Å². The van der Waals surface area contributed by atoms with Crippen LogP contribution >= 0.6 is 11.3 Å². The van der Waals surface area contributed by atoms with Crippen LogP contribution in [-0.2, 0) is 10.1 Å². The van der Waals surface area contributed by atoms with E-state index in [2.05, 4.69) is 9.97 Å². The maximum Gasteiger partial charge on any atom is 0.340 e. The fourth-order valence-corrected chi connectivity index (χ4v) is 3.76. The predicted molar refractivity (Wildman–Crippen MR) is 85.9 cm³/mol. The molecular weight excluding hydrogens is 334 g/mol. The Morgan fingerprint density at radius 1 is 1.17 bits per heavy atom. The minimum Gasteiger partial charge on any atom is -0.357 e. The normalized spacial score (nSPS) is 11.3. The first-order valence-corrected chi connectivity index (χ1v) is 8.81. The van der Waals surface area contributed by atoms with E-state index < -0.39 is 10.1 Å². The molecule has 0 fully saturated rings. The van der Waals surface area contributed by atoms with Crippen LogP contribution in [0.25, 0.3) is 10.2 Å². The van der Waals surface area contributed by atoms with Crippen LogP contribution in [-0.4, -0.2) is 18.4 Å². The molecule has 0 amide bonds. The number of hydrogen-bond acceptors (Lipinski definition) is 7. The van der Waals surface area contributed by atoms with Crippen molar-refractivity contribution in [2.45, 2.75) is 18.7 Å². The summed E-state index contributed by atoms with van der Waals surface area (Å²) < 4.78 is 30.0. The van der Waals surface area contributed by atoms with Gasteiger partial charge in [0.25, 0.3) is 0 Å². The van der Waals surface area contributed by atoms with Crippen LogP contribution in [0.1, 0.15) is 16.3 Å². The summed E-state index contributed by atoms with van der Waals surface area (Å²) in [7, 11) is -4.03. The van der Waals surface area contributed by atoms with E-state index in [1.807, 2.05) is 19.9 Å². The Balaban J connectivity index is 2.10. The number of benzene rings is 1. The van der Waals surface area contributed by atoms with Gasteiger partial charge in [0, 0.05) is 4.88 Å². The monoisotopic (exact) mass is 345 g/mol. The number of aryl methyl sites for hydroxylation is 2. The van der Waals surface area contributed by atoms with E-state index in [0.717, 1.165) is 10.4 Å². The molecule has 0 saturated heterocycles. The average Bonchev–Trinajstić information content (AvgIpc) is 2.88. The quantitative estimate of drug-likeness (QED) is 0.678. The highest BCUT2D eigenvalue weighted by Gasteiger charge is 2.21. The maximum atomic E-state index is 12.4. The van der Waals surface area contributed by atoms with Crippen LogP contribution < -0.4 is 4.18 Å². The minimum absolute atomic E-state index is 0.0281. The van der Waals surface area contributed by atoms with Gasteiger partial charge in [0.05, 0.1) is 5.39 Å². The molecule has 3 rings (SSSR count). The second-order valence-corrected chi connectivity index (χ2v) is 7.67. The van der Waals surface area contributed by atoms with Gasteiger partial charge in [-0.3, -0.25) is 0 Å². The summed E-state index contributed by atoms with van der Waals surface area (Å²) in [6.45, 7) is 3.72. The molecule has 3 aromatic rings. The number of aromatic nitrogens is 2. The molecule has 0 aliphatic heterocycles. The van der Waals surface area contributed by atoms with E-state index in [1.54, 1.807) is 18.2 Å². The third-order valence-corrected chi connectivity index (χ3v) is 5.25. The van der Waals surface area contributed by atoms with E-state index in [4.69, 9.17) is 9.44 Å². The predicted octanol–water partition coefficient (Wildman–Crippen LogP) is 2.95. The highest BCUT2D eigenvalue weighted by atomic mass is 32.2. The van der Waals surface area contributed by atoms with Crippen molar-refractivity contribution < 1.29 is 12.6 Å². The fourth-order valence-electron chi connectivity index (χ4n) is 1.99. The number of fused-ring (bicyclic) bond motifs is 1. The van der Waals surface area contributed by atoms with Gasteiger partial charge in [0.15, 0.2) is 0 Å². The first-order valence-electron chi connectivity index (χ1n) is 6.58. The summed E-state index contributed by atoms with van der Waals surface area (Å²) in [5.41, 5.74) is 0.939. The molecule has 0 N–H and O–H groups in total. The molecule has 0 radical (unpaired) electrons. The zero-order valence-electron chi connectivity index (χ0n) is 12.3. The Morgan fingerprint density at radius 2 is 1.87 bits per heavy atom. The summed E-state index contributed by atoms with van der Waals surface area (Å²) >= 11 is 1.34. The highest BCUT2D eigenvalue weighted by Crippen LogP contribution is 2.31. The van der Waals surface area contributed by atoms with Gasteiger partial charge in [-0.2, -0.15) is 18.7 Å². The number of thiophene rings is 1. The van der Waals surface area contributed by atoms with Gasteiger partial charge in [-0.15, -0.1) is 11.3 Å². The van der Waals surface area contributed by atoms with Crippen molar-refractivity contribution in [1.29, 1.82) is 5.26 Å². The first kappa shape index (κ1) is 15.4. The zero-order chi connectivity index (χ0) is 16.6. The van der Waals surface area contributed by atoms with E-state index in [-0.39, 0.29) is 16.6 Å². The third-order valence-electron chi connectivity index (χ3n) is 3.08. The van der Waals surface area contributed by atoms with Gasteiger partial charge < -0.3 is 4.18 Å². The van der Waals surface area contributed by atoms with Crippen LogP contribution in [0, 0.1) is 25.2 Å². The lowest BCUT2D eigenvalue weighted by Crippen LogP contribution is -2.11. The average molecular weight is 345 g/mol. The fraction of sp³-hybridized carbons (Fsp3) is 0.133. The summed E-state index contributed by atoms with van der Waals surface area (Å²) in [5, 5.41) is 9.47. The van der Waals surface area contributed by atoms with Crippen molar-refractivity contribution in [2.24, 2.45) is 0 Å². The molecule has 116 valence electrons. The zero-order valence-corrected chi connectivity index (χ0v) is 13.9. The standard InChI is InChI=1S/C15H11N3O3S2/c1-9-3-5-11(6-4-9)23(19,20)21-14-12-7-10(2)22-15(12)18-13(8-16)17-14/h3-7H,1-2H3. The Hall–Kier alpha value is -2.50. The lowest BCUT2D eigenvalue weighted by atomic mass is 10.2. The van der Waals surface area contributed by atoms with Gasteiger partial charge in [0.1, 0.15) is 15.8 Å². The summed E-state index contributed by atoms with van der Waals surface area (Å²) in [6, 6.07) is 9.84. The van der Waals surface area contributed by atoms with Crippen LogP contribution in [0.4, 0.5) is 0 Å². The molecule has 6 nitrogen and oxygen atoms in total. The molecule has 0 bridgehead atoms. The summed E-state index contributed by atoms with van der Waals surface area (Å²) in [5.74, 6) is -0.259. The topological polar surface area (TPSA) is 92.9 Å². The molecule has 0 aliphatic carbocycles. The van der Waals surface area contributed by atoms with Crippen molar-refractivity contribution >= 4 is 31.7 Å². The first-order chi connectivity index (χ1) is 10.9. The molecule has 2 aromatic heterocycles. The lowest BCUT2D eigenvalue weighted by Gasteiger charge is -2.07. The molecule has 0 spiro atoms. The Labute approximate surface area is 137 Å². The van der Waals surface area contributed by atoms with Crippen molar-refractivity contribution in [3.05, 3.63) is 46.6 Å². The molecule has 0 unspecified atom stereocenters. The lowest BCUT2D eigenvalue weighted by molar-refractivity contribution is 0.478. The number of nitriles is 1. The Kier molecular flexibility index (Phi) is 3.75. The van der Waals surface area contributed by atoms with Gasteiger partial charge in [-0.05, 0) is 32.0 Å². The van der Waals surface area contributed by atoms with Crippen LogP contribution in [0.5, 0.6) is 5.88 Å². The number of hydrogen-bond donors (Lipinski definition) is 0. The molecule has 0 saturated carbocycles. The maximum absolute atomic E-state index is 12.4. The highest BCUT2D eigenvalue weighted by molar-refractivity contribution is 7.87. The van der Waals surface area contributed by atoms with Gasteiger partial charge in [0.2, 0.25) is 11.7 Å². The minimum atomic E-state index is -4.03. The van der Waals surface area contributed by atoms with Gasteiger partial charge >= 0.3 is 10.1 Å².